The van der Waals surface area contributed by atoms with E-state index < -0.39 is 21.7 Å². The van der Waals surface area contributed by atoms with Crippen LogP contribution in [0.3, 0.4) is 0 Å². The van der Waals surface area contributed by atoms with Gasteiger partial charge < -0.3 is 4.90 Å². The second-order valence-corrected chi connectivity index (χ2v) is 8.54. The third kappa shape index (κ3) is 3.58. The monoisotopic (exact) mass is 441 g/mol. The molecule has 0 bridgehead atoms. The molecule has 0 N–H and O–H groups in total. The smallest absolute Gasteiger partial charge is 0.243 e. The van der Waals surface area contributed by atoms with Crippen molar-refractivity contribution in [3.8, 4) is 6.07 Å². The van der Waals surface area contributed by atoms with Crippen LogP contribution in [0.15, 0.2) is 45.8 Å². The third-order valence-corrected chi connectivity index (χ3v) is 6.71. The van der Waals surface area contributed by atoms with Crippen LogP contribution in [0, 0.1) is 23.0 Å². The summed E-state index contributed by atoms with van der Waals surface area (Å²) in [5.41, 5.74) is 1.40. The van der Waals surface area contributed by atoms with Gasteiger partial charge in [-0.05, 0) is 52.3 Å². The Balaban J connectivity index is 1.75. The SMILES string of the molecule is N#Cc1ccc(N2CCN(S(=O)(=O)c3ccc(F)c(F)c3)CC2)c(Br)c1. The van der Waals surface area contributed by atoms with Gasteiger partial charge in [-0.2, -0.15) is 9.57 Å². The van der Waals surface area contributed by atoms with Crippen molar-refractivity contribution < 1.29 is 17.2 Å². The molecule has 1 saturated heterocycles. The van der Waals surface area contributed by atoms with Crippen LogP contribution in [0.4, 0.5) is 14.5 Å². The van der Waals surface area contributed by atoms with Crippen molar-refractivity contribution in [3.05, 3.63) is 58.1 Å². The van der Waals surface area contributed by atoms with Gasteiger partial charge in [-0.3, -0.25) is 0 Å². The van der Waals surface area contributed by atoms with E-state index in [9.17, 15) is 17.2 Å². The van der Waals surface area contributed by atoms with Crippen molar-refractivity contribution in [2.45, 2.75) is 4.90 Å². The first-order valence-electron chi connectivity index (χ1n) is 7.73. The van der Waals surface area contributed by atoms with Crippen molar-refractivity contribution in [2.24, 2.45) is 0 Å². The van der Waals surface area contributed by atoms with Gasteiger partial charge in [0.15, 0.2) is 11.6 Å². The van der Waals surface area contributed by atoms with Gasteiger partial charge in [-0.1, -0.05) is 0 Å². The van der Waals surface area contributed by atoms with Crippen molar-refractivity contribution in [3.63, 3.8) is 0 Å². The minimum absolute atomic E-state index is 0.216. The predicted molar refractivity (Wildman–Crippen MR) is 96.2 cm³/mol. The molecule has 2 aromatic carbocycles. The fraction of sp³-hybridized carbons (Fsp3) is 0.235. The number of anilines is 1. The van der Waals surface area contributed by atoms with E-state index in [2.05, 4.69) is 22.0 Å². The molecule has 3 rings (SSSR count). The number of hydrogen-bond donors (Lipinski definition) is 0. The van der Waals surface area contributed by atoms with Gasteiger partial charge in [0, 0.05) is 30.7 Å². The van der Waals surface area contributed by atoms with Crippen LogP contribution in [0.5, 0.6) is 0 Å². The highest BCUT2D eigenvalue weighted by Crippen LogP contribution is 2.29. The number of halogens is 3. The quantitative estimate of drug-likeness (QED) is 0.733. The van der Waals surface area contributed by atoms with E-state index in [1.807, 2.05) is 11.0 Å². The molecule has 5 nitrogen and oxygen atoms in total. The minimum atomic E-state index is -3.88. The molecular formula is C17H14BrF2N3O2S. The summed E-state index contributed by atoms with van der Waals surface area (Å²) in [6, 6.07) is 9.85. The molecule has 0 aliphatic carbocycles. The molecule has 136 valence electrons. The highest BCUT2D eigenvalue weighted by atomic mass is 79.9. The number of sulfonamides is 1. The molecule has 0 atom stereocenters. The average Bonchev–Trinajstić information content (AvgIpc) is 2.64. The van der Waals surface area contributed by atoms with Crippen molar-refractivity contribution in [1.29, 1.82) is 5.26 Å². The Morgan fingerprint density at radius 2 is 1.69 bits per heavy atom. The predicted octanol–water partition coefficient (Wildman–Crippen LogP) is 3.11. The normalized spacial score (nSPS) is 15.7. The molecule has 0 unspecified atom stereocenters. The topological polar surface area (TPSA) is 64.4 Å². The van der Waals surface area contributed by atoms with Gasteiger partial charge in [0.25, 0.3) is 0 Å². The van der Waals surface area contributed by atoms with Crippen molar-refractivity contribution in [2.75, 3.05) is 31.1 Å². The first-order valence-corrected chi connectivity index (χ1v) is 9.96. The summed E-state index contributed by atoms with van der Waals surface area (Å²) in [7, 11) is -3.88. The Bertz CT molecular complexity index is 984. The molecule has 26 heavy (non-hydrogen) atoms. The zero-order chi connectivity index (χ0) is 18.9. The lowest BCUT2D eigenvalue weighted by Gasteiger charge is -2.35. The molecule has 0 radical (unpaired) electrons. The van der Waals surface area contributed by atoms with E-state index in [0.29, 0.717) is 24.7 Å². The summed E-state index contributed by atoms with van der Waals surface area (Å²) in [6.07, 6.45) is 0. The number of piperazine rings is 1. The Labute approximate surface area is 158 Å². The summed E-state index contributed by atoms with van der Waals surface area (Å²) in [5.74, 6) is -2.27. The van der Waals surface area contributed by atoms with Gasteiger partial charge in [-0.25, -0.2) is 17.2 Å². The molecule has 1 heterocycles. The molecule has 0 saturated carbocycles. The molecule has 1 fully saturated rings. The van der Waals surface area contributed by atoms with Crippen LogP contribution in [0.1, 0.15) is 5.56 Å². The van der Waals surface area contributed by atoms with Crippen molar-refractivity contribution >= 4 is 31.6 Å². The second-order valence-electron chi connectivity index (χ2n) is 5.75. The standard InChI is InChI=1S/C17H14BrF2N3O2S/c18-14-9-12(11-21)1-4-17(14)22-5-7-23(8-6-22)26(24,25)13-2-3-15(19)16(20)10-13/h1-4,9-10H,5-8H2. The molecule has 0 amide bonds. The largest absolute Gasteiger partial charge is 0.368 e. The molecule has 0 aromatic heterocycles. The van der Waals surface area contributed by atoms with Crippen LogP contribution < -0.4 is 4.90 Å². The zero-order valence-corrected chi connectivity index (χ0v) is 15.9. The Morgan fingerprint density at radius 3 is 2.27 bits per heavy atom. The first-order chi connectivity index (χ1) is 12.3. The molecule has 1 aliphatic rings. The number of nitriles is 1. The Hall–Kier alpha value is -2.02. The summed E-state index contributed by atoms with van der Waals surface area (Å²) in [4.78, 5) is 1.74. The fourth-order valence-corrected chi connectivity index (χ4v) is 4.85. The fourth-order valence-electron chi connectivity index (χ4n) is 2.79. The van der Waals surface area contributed by atoms with E-state index in [1.54, 1.807) is 12.1 Å². The summed E-state index contributed by atoms with van der Waals surface area (Å²) in [5, 5.41) is 8.92. The minimum Gasteiger partial charge on any atom is -0.368 e. The number of rotatable bonds is 3. The van der Waals surface area contributed by atoms with Gasteiger partial charge in [0.2, 0.25) is 10.0 Å². The molecular weight excluding hydrogens is 428 g/mol. The summed E-state index contributed by atoms with van der Waals surface area (Å²) < 4.78 is 53.7. The first kappa shape index (κ1) is 18.8. The van der Waals surface area contributed by atoms with Gasteiger partial charge in [-0.15, -0.1) is 0 Å². The van der Waals surface area contributed by atoms with E-state index in [-0.39, 0.29) is 18.0 Å². The molecule has 1 aliphatic heterocycles. The van der Waals surface area contributed by atoms with Crippen LogP contribution in [-0.2, 0) is 10.0 Å². The maximum absolute atomic E-state index is 13.4. The molecule has 2 aromatic rings. The summed E-state index contributed by atoms with van der Waals surface area (Å²) >= 11 is 3.43. The highest BCUT2D eigenvalue weighted by molar-refractivity contribution is 9.10. The Morgan fingerprint density at radius 1 is 1.00 bits per heavy atom. The third-order valence-electron chi connectivity index (χ3n) is 4.18. The maximum Gasteiger partial charge on any atom is 0.243 e. The van der Waals surface area contributed by atoms with Gasteiger partial charge in [0.1, 0.15) is 0 Å². The second kappa shape index (κ2) is 7.31. The maximum atomic E-state index is 13.4. The number of benzene rings is 2. The van der Waals surface area contributed by atoms with Gasteiger partial charge in [0.05, 0.1) is 22.2 Å². The van der Waals surface area contributed by atoms with E-state index in [4.69, 9.17) is 5.26 Å². The van der Waals surface area contributed by atoms with Crippen LogP contribution in [-0.4, -0.2) is 38.9 Å². The lowest BCUT2D eigenvalue weighted by Crippen LogP contribution is -2.48. The number of hydrogen-bond acceptors (Lipinski definition) is 4. The van der Waals surface area contributed by atoms with Crippen LogP contribution >= 0.6 is 15.9 Å². The zero-order valence-electron chi connectivity index (χ0n) is 13.5. The van der Waals surface area contributed by atoms with E-state index in [0.717, 1.165) is 22.3 Å². The lowest BCUT2D eigenvalue weighted by molar-refractivity contribution is 0.384. The van der Waals surface area contributed by atoms with Crippen molar-refractivity contribution in [1.82, 2.24) is 4.31 Å². The summed E-state index contributed by atoms with van der Waals surface area (Å²) in [6.45, 7) is 1.31. The van der Waals surface area contributed by atoms with Gasteiger partial charge >= 0.3 is 0 Å². The van der Waals surface area contributed by atoms with E-state index >= 15 is 0 Å². The van der Waals surface area contributed by atoms with E-state index in [1.165, 1.54) is 4.31 Å². The molecule has 9 heteroatoms. The number of nitrogens with zero attached hydrogens (tertiary/aromatic N) is 3. The molecule has 0 spiro atoms. The highest BCUT2D eigenvalue weighted by Gasteiger charge is 2.29. The van der Waals surface area contributed by atoms with Crippen LogP contribution in [0.2, 0.25) is 0 Å². The Kier molecular flexibility index (Phi) is 5.27. The van der Waals surface area contributed by atoms with Crippen LogP contribution in [0.25, 0.3) is 0 Å². The average molecular weight is 442 g/mol. The lowest BCUT2D eigenvalue weighted by atomic mass is 10.2.